The molecule has 0 aliphatic carbocycles. The fourth-order valence-corrected chi connectivity index (χ4v) is 4.56. The Bertz CT molecular complexity index is 1030. The minimum atomic E-state index is -1.82. The van der Waals surface area contributed by atoms with Gasteiger partial charge in [0.2, 0.25) is 5.91 Å². The molecular formula is C24H27Cl2N3O5. The largest absolute Gasteiger partial charge is 0.473 e. The highest BCUT2D eigenvalue weighted by atomic mass is 35.5. The molecule has 2 aliphatic rings. The number of carbonyl (C=O) groups excluding carboxylic acids is 1. The van der Waals surface area contributed by atoms with E-state index in [0.29, 0.717) is 16.5 Å². The van der Waals surface area contributed by atoms with Crippen molar-refractivity contribution in [1.29, 1.82) is 0 Å². The lowest BCUT2D eigenvalue weighted by Gasteiger charge is -2.37. The fraction of sp³-hybridized carbons (Fsp3) is 0.375. The Hall–Kier alpha value is -2.81. The summed E-state index contributed by atoms with van der Waals surface area (Å²) in [6.07, 6.45) is 2.47. The molecule has 34 heavy (non-hydrogen) atoms. The number of amides is 1. The number of aliphatic carboxylic acids is 2. The molecule has 1 amide bonds. The molecule has 2 aliphatic heterocycles. The molecule has 2 heterocycles. The SMILES string of the molecule is O=C(O)C(=O)O.O=C1CCc2ccccc2N1CCCN1CCN(c2cccc(Cl)c2Cl)CC1. The summed E-state index contributed by atoms with van der Waals surface area (Å²) in [7, 11) is 0. The molecule has 0 spiro atoms. The van der Waals surface area contributed by atoms with Gasteiger partial charge in [-0.3, -0.25) is 9.69 Å². The molecular weight excluding hydrogens is 481 g/mol. The first-order valence-electron chi connectivity index (χ1n) is 11.0. The van der Waals surface area contributed by atoms with E-state index < -0.39 is 11.9 Å². The van der Waals surface area contributed by atoms with Crippen molar-refractivity contribution in [3.63, 3.8) is 0 Å². The van der Waals surface area contributed by atoms with Crippen molar-refractivity contribution >= 4 is 52.4 Å². The number of carboxylic acids is 2. The molecule has 4 rings (SSSR count). The van der Waals surface area contributed by atoms with Crippen molar-refractivity contribution in [1.82, 2.24) is 4.90 Å². The average Bonchev–Trinajstić information content (AvgIpc) is 2.83. The molecule has 0 saturated carbocycles. The van der Waals surface area contributed by atoms with Crippen LogP contribution in [0.15, 0.2) is 42.5 Å². The van der Waals surface area contributed by atoms with Gasteiger partial charge < -0.3 is 20.0 Å². The van der Waals surface area contributed by atoms with Gasteiger partial charge in [0.15, 0.2) is 0 Å². The van der Waals surface area contributed by atoms with Crippen LogP contribution in [0.1, 0.15) is 18.4 Å². The number of piperazine rings is 1. The quantitative estimate of drug-likeness (QED) is 0.595. The molecule has 8 nitrogen and oxygen atoms in total. The number of carbonyl (C=O) groups is 3. The summed E-state index contributed by atoms with van der Waals surface area (Å²) in [5.41, 5.74) is 3.40. The average molecular weight is 508 g/mol. The number of carboxylic acid groups (broad SMARTS) is 2. The van der Waals surface area contributed by atoms with Crippen molar-refractivity contribution in [2.45, 2.75) is 19.3 Å². The van der Waals surface area contributed by atoms with Crippen molar-refractivity contribution < 1.29 is 24.6 Å². The third kappa shape index (κ3) is 6.62. The Morgan fingerprint density at radius 2 is 1.47 bits per heavy atom. The van der Waals surface area contributed by atoms with E-state index in [0.717, 1.165) is 63.5 Å². The molecule has 0 unspecified atom stereocenters. The topological polar surface area (TPSA) is 101 Å². The van der Waals surface area contributed by atoms with Gasteiger partial charge in [-0.2, -0.15) is 0 Å². The summed E-state index contributed by atoms with van der Waals surface area (Å²) in [4.78, 5) is 37.3. The summed E-state index contributed by atoms with van der Waals surface area (Å²) < 4.78 is 0. The van der Waals surface area contributed by atoms with E-state index in [4.69, 9.17) is 43.0 Å². The summed E-state index contributed by atoms with van der Waals surface area (Å²) in [5.74, 6) is -3.40. The van der Waals surface area contributed by atoms with Crippen LogP contribution in [0.2, 0.25) is 10.0 Å². The first-order chi connectivity index (χ1) is 16.3. The van der Waals surface area contributed by atoms with Crippen molar-refractivity contribution in [2.24, 2.45) is 0 Å². The van der Waals surface area contributed by atoms with Gasteiger partial charge >= 0.3 is 11.9 Å². The zero-order chi connectivity index (χ0) is 24.7. The van der Waals surface area contributed by atoms with Gasteiger partial charge in [0.25, 0.3) is 0 Å². The summed E-state index contributed by atoms with van der Waals surface area (Å²) in [5, 5.41) is 16.0. The van der Waals surface area contributed by atoms with Crippen LogP contribution >= 0.6 is 23.2 Å². The summed E-state index contributed by atoms with van der Waals surface area (Å²) in [6, 6.07) is 14.1. The van der Waals surface area contributed by atoms with Crippen LogP contribution in [-0.2, 0) is 20.8 Å². The number of anilines is 2. The lowest BCUT2D eigenvalue weighted by atomic mass is 10.0. The Morgan fingerprint density at radius 3 is 2.15 bits per heavy atom. The van der Waals surface area contributed by atoms with Crippen LogP contribution in [0.25, 0.3) is 0 Å². The number of para-hydroxylation sites is 1. The molecule has 182 valence electrons. The van der Waals surface area contributed by atoms with Crippen LogP contribution in [0.4, 0.5) is 11.4 Å². The monoisotopic (exact) mass is 507 g/mol. The minimum absolute atomic E-state index is 0.249. The Labute approximate surface area is 208 Å². The molecule has 0 bridgehead atoms. The molecule has 2 aromatic rings. The van der Waals surface area contributed by atoms with E-state index in [-0.39, 0.29) is 5.91 Å². The van der Waals surface area contributed by atoms with Gasteiger partial charge in [-0.1, -0.05) is 47.5 Å². The van der Waals surface area contributed by atoms with Gasteiger partial charge in [-0.15, -0.1) is 0 Å². The number of rotatable bonds is 5. The van der Waals surface area contributed by atoms with Crippen LogP contribution < -0.4 is 9.80 Å². The van der Waals surface area contributed by atoms with Crippen molar-refractivity contribution in [3.05, 3.63) is 58.1 Å². The number of benzene rings is 2. The second-order valence-electron chi connectivity index (χ2n) is 8.04. The zero-order valence-electron chi connectivity index (χ0n) is 18.6. The molecule has 0 atom stereocenters. The van der Waals surface area contributed by atoms with Gasteiger partial charge in [0.1, 0.15) is 0 Å². The predicted molar refractivity (Wildman–Crippen MR) is 132 cm³/mol. The Morgan fingerprint density at radius 1 is 0.824 bits per heavy atom. The maximum absolute atomic E-state index is 12.4. The number of halogens is 2. The van der Waals surface area contributed by atoms with E-state index in [1.165, 1.54) is 5.56 Å². The van der Waals surface area contributed by atoms with Crippen LogP contribution in [0, 0.1) is 0 Å². The fourth-order valence-electron chi connectivity index (χ4n) is 4.14. The molecule has 2 N–H and O–H groups in total. The highest BCUT2D eigenvalue weighted by Crippen LogP contribution is 2.33. The third-order valence-corrected chi connectivity index (χ3v) is 6.68. The normalized spacial score (nSPS) is 15.9. The van der Waals surface area contributed by atoms with Crippen molar-refractivity contribution in [3.8, 4) is 0 Å². The third-order valence-electron chi connectivity index (χ3n) is 5.87. The smallest absolute Gasteiger partial charge is 0.414 e. The van der Waals surface area contributed by atoms with E-state index in [1.807, 2.05) is 29.2 Å². The van der Waals surface area contributed by atoms with Crippen LogP contribution in [0.3, 0.4) is 0 Å². The molecule has 1 fully saturated rings. The number of hydrogen-bond acceptors (Lipinski definition) is 5. The molecule has 0 aromatic heterocycles. The van der Waals surface area contributed by atoms with Crippen LogP contribution in [-0.4, -0.2) is 72.2 Å². The first kappa shape index (κ1) is 25.8. The maximum Gasteiger partial charge on any atom is 0.414 e. The van der Waals surface area contributed by atoms with Crippen LogP contribution in [0.5, 0.6) is 0 Å². The number of hydrogen-bond donors (Lipinski definition) is 2. The maximum atomic E-state index is 12.4. The highest BCUT2D eigenvalue weighted by Gasteiger charge is 2.24. The lowest BCUT2D eigenvalue weighted by Crippen LogP contribution is -2.47. The Balaban J connectivity index is 0.000000481. The first-order valence-corrected chi connectivity index (χ1v) is 11.8. The zero-order valence-corrected chi connectivity index (χ0v) is 20.1. The van der Waals surface area contributed by atoms with Gasteiger partial charge in [0, 0.05) is 44.8 Å². The number of nitrogens with zero attached hydrogens (tertiary/aromatic N) is 3. The van der Waals surface area contributed by atoms with Gasteiger partial charge in [-0.25, -0.2) is 9.59 Å². The molecule has 2 aromatic carbocycles. The van der Waals surface area contributed by atoms with E-state index in [2.05, 4.69) is 28.0 Å². The van der Waals surface area contributed by atoms with E-state index >= 15 is 0 Å². The standard InChI is InChI=1S/C22H25Cl2N3O.C2H2O4/c23-18-6-3-8-20(22(18)24)26-15-13-25(14-16-26)11-4-12-27-19-7-2-1-5-17(19)9-10-21(27)28;3-1(4)2(5)6/h1-3,5-8H,4,9-16H2;(H,3,4)(H,5,6). The predicted octanol–water partition coefficient (Wildman–Crippen LogP) is 3.64. The van der Waals surface area contributed by atoms with E-state index in [1.54, 1.807) is 0 Å². The molecule has 10 heteroatoms. The highest BCUT2D eigenvalue weighted by molar-refractivity contribution is 6.43. The summed E-state index contributed by atoms with van der Waals surface area (Å²) >= 11 is 12.5. The summed E-state index contributed by atoms with van der Waals surface area (Å²) in [6.45, 7) is 5.65. The lowest BCUT2D eigenvalue weighted by molar-refractivity contribution is -0.159. The van der Waals surface area contributed by atoms with Gasteiger partial charge in [0.05, 0.1) is 15.7 Å². The minimum Gasteiger partial charge on any atom is -0.473 e. The number of fused-ring (bicyclic) bond motifs is 1. The Kier molecular flexibility index (Phi) is 9.15. The molecule has 1 saturated heterocycles. The second kappa shape index (κ2) is 12.1. The van der Waals surface area contributed by atoms with E-state index in [9.17, 15) is 4.79 Å². The second-order valence-corrected chi connectivity index (χ2v) is 8.82. The number of aryl methyl sites for hydroxylation is 1. The van der Waals surface area contributed by atoms with Crippen molar-refractivity contribution in [2.75, 3.05) is 49.1 Å². The molecule has 0 radical (unpaired) electrons. The van der Waals surface area contributed by atoms with Gasteiger partial charge in [-0.05, 0) is 43.1 Å².